The highest BCUT2D eigenvalue weighted by Gasteiger charge is 2.62. The lowest BCUT2D eigenvalue weighted by atomic mass is 9.55. The van der Waals surface area contributed by atoms with Gasteiger partial charge in [-0.2, -0.15) is 0 Å². The van der Waals surface area contributed by atoms with E-state index in [1.54, 1.807) is 0 Å². The van der Waals surface area contributed by atoms with Gasteiger partial charge in [0.1, 0.15) is 12.2 Å². The van der Waals surface area contributed by atoms with E-state index in [2.05, 4.69) is 0 Å². The van der Waals surface area contributed by atoms with Crippen LogP contribution in [0.15, 0.2) is 0 Å². The Morgan fingerprint density at radius 1 is 0.541 bits per heavy atom. The molecule has 8 heteroatoms. The number of fused-ring (bicyclic) bond motifs is 2. The van der Waals surface area contributed by atoms with Gasteiger partial charge < -0.3 is 14.0 Å². The van der Waals surface area contributed by atoms with E-state index in [1.807, 2.05) is 0 Å². The zero-order chi connectivity index (χ0) is 25.2. The van der Waals surface area contributed by atoms with Crippen molar-refractivity contribution in [2.75, 3.05) is 0 Å². The molecule has 7 nitrogen and oxygen atoms in total. The van der Waals surface area contributed by atoms with Crippen molar-refractivity contribution in [1.29, 1.82) is 0 Å². The van der Waals surface area contributed by atoms with Crippen LogP contribution in [0.3, 0.4) is 0 Å². The quantitative estimate of drug-likeness (QED) is 0.391. The largest absolute Gasteiger partial charge is 0.748 e. The second-order valence-corrected chi connectivity index (χ2v) is 16.2. The summed E-state index contributed by atoms with van der Waals surface area (Å²) in [6.07, 6.45) is 12.0. The van der Waals surface area contributed by atoms with Crippen molar-refractivity contribution in [3.63, 3.8) is 0 Å². The van der Waals surface area contributed by atoms with Crippen LogP contribution in [0, 0.1) is 71.0 Å². The third-order valence-corrected chi connectivity index (χ3v) is 13.9. The first-order chi connectivity index (χ1) is 17.7. The molecule has 0 saturated heterocycles. The third kappa shape index (κ3) is 3.70. The molecule has 0 aromatic carbocycles. The number of hydrogen-bond acceptors (Lipinski definition) is 7. The second-order valence-electron chi connectivity index (χ2n) is 14.6. The third-order valence-electron chi connectivity index (χ3n) is 12.6. The summed E-state index contributed by atoms with van der Waals surface area (Å²) in [5.41, 5.74) is 0. The molecule has 10 bridgehead atoms. The summed E-state index contributed by atoms with van der Waals surface area (Å²) in [4.78, 5) is 27.6. The zero-order valence-corrected chi connectivity index (χ0v) is 22.2. The van der Waals surface area contributed by atoms with Gasteiger partial charge in [0.2, 0.25) is 0 Å². The minimum atomic E-state index is -4.55. The van der Waals surface area contributed by atoms with Crippen molar-refractivity contribution in [3.8, 4) is 0 Å². The summed E-state index contributed by atoms with van der Waals surface area (Å²) < 4.78 is 48.9. The normalized spacial score (nSPS) is 54.6. The van der Waals surface area contributed by atoms with E-state index in [4.69, 9.17) is 9.47 Å². The molecular formula is C29H39O7S-. The predicted molar refractivity (Wildman–Crippen MR) is 131 cm³/mol. The Morgan fingerprint density at radius 2 is 0.946 bits per heavy atom. The van der Waals surface area contributed by atoms with Crippen LogP contribution in [0.25, 0.3) is 0 Å². The van der Waals surface area contributed by atoms with Gasteiger partial charge in [0.15, 0.2) is 0 Å². The highest BCUT2D eigenvalue weighted by atomic mass is 32.2. The molecule has 0 amide bonds. The van der Waals surface area contributed by atoms with Gasteiger partial charge in [-0.3, -0.25) is 9.59 Å². The summed E-state index contributed by atoms with van der Waals surface area (Å²) in [6, 6.07) is 0. The van der Waals surface area contributed by atoms with Crippen molar-refractivity contribution in [1.82, 2.24) is 0 Å². The first-order valence-corrected chi connectivity index (χ1v) is 16.5. The Labute approximate surface area is 219 Å². The van der Waals surface area contributed by atoms with Gasteiger partial charge in [0, 0.05) is 0 Å². The molecule has 10 aliphatic rings. The summed E-state index contributed by atoms with van der Waals surface area (Å²) in [6.45, 7) is 0. The fourth-order valence-electron chi connectivity index (χ4n) is 11.9. The van der Waals surface area contributed by atoms with Gasteiger partial charge in [-0.25, -0.2) is 8.42 Å². The maximum atomic E-state index is 13.8. The Hall–Kier alpha value is -1.15. The van der Waals surface area contributed by atoms with Gasteiger partial charge in [-0.15, -0.1) is 0 Å². The lowest BCUT2D eigenvalue weighted by Gasteiger charge is -2.54. The van der Waals surface area contributed by atoms with Crippen molar-refractivity contribution in [3.05, 3.63) is 0 Å². The predicted octanol–water partition coefficient (Wildman–Crippen LogP) is 3.91. The van der Waals surface area contributed by atoms with Crippen LogP contribution in [-0.2, 0) is 29.2 Å². The first kappa shape index (κ1) is 23.7. The van der Waals surface area contributed by atoms with Crippen LogP contribution in [0.5, 0.6) is 0 Å². The van der Waals surface area contributed by atoms with Crippen LogP contribution in [0.1, 0.15) is 77.0 Å². The van der Waals surface area contributed by atoms with Gasteiger partial charge in [-0.05, 0) is 136 Å². The Kier molecular flexibility index (Phi) is 5.25. The maximum Gasteiger partial charge on any atom is 0.310 e. The smallest absolute Gasteiger partial charge is 0.310 e. The molecule has 0 radical (unpaired) electrons. The lowest BCUT2D eigenvalue weighted by molar-refractivity contribution is -0.189. The molecule has 10 rings (SSSR count). The van der Waals surface area contributed by atoms with Crippen molar-refractivity contribution in [2.45, 2.75) is 94.5 Å². The Bertz CT molecular complexity index is 1040. The van der Waals surface area contributed by atoms with E-state index in [1.165, 1.54) is 12.8 Å². The number of hydrogen-bond donors (Lipinski definition) is 0. The lowest BCUT2D eigenvalue weighted by Crippen LogP contribution is -2.53. The van der Waals surface area contributed by atoms with Crippen LogP contribution in [0.4, 0.5) is 0 Å². The van der Waals surface area contributed by atoms with Gasteiger partial charge in [-0.1, -0.05) is 0 Å². The van der Waals surface area contributed by atoms with E-state index < -0.39 is 39.1 Å². The molecule has 0 aliphatic heterocycles. The average molecular weight is 532 g/mol. The van der Waals surface area contributed by atoms with Crippen LogP contribution in [0.2, 0.25) is 0 Å². The highest BCUT2D eigenvalue weighted by molar-refractivity contribution is 7.86. The number of carbonyl (C=O) groups excluding carboxylic acids is 2. The minimum Gasteiger partial charge on any atom is -0.748 e. The summed E-state index contributed by atoms with van der Waals surface area (Å²) >= 11 is 0. The van der Waals surface area contributed by atoms with Crippen LogP contribution in [-0.4, -0.2) is 42.4 Å². The van der Waals surface area contributed by atoms with E-state index in [9.17, 15) is 22.6 Å². The van der Waals surface area contributed by atoms with E-state index in [-0.39, 0.29) is 30.5 Å². The number of carbonyl (C=O) groups is 2. The molecule has 0 N–H and O–H groups in total. The molecule has 10 aliphatic carbocycles. The molecule has 10 saturated carbocycles. The summed E-state index contributed by atoms with van der Waals surface area (Å²) in [5, 5.41) is -1.10. The topological polar surface area (TPSA) is 110 Å². The van der Waals surface area contributed by atoms with Crippen molar-refractivity contribution < 1.29 is 32.0 Å². The fourth-order valence-corrected chi connectivity index (χ4v) is 13.0. The molecule has 0 aromatic heterocycles. The average Bonchev–Trinajstić information content (AvgIpc) is 3.42. The van der Waals surface area contributed by atoms with Crippen molar-refractivity contribution in [2.24, 2.45) is 71.0 Å². The molecule has 0 spiro atoms. The van der Waals surface area contributed by atoms with Crippen LogP contribution >= 0.6 is 0 Å². The molecule has 0 heterocycles. The van der Waals surface area contributed by atoms with E-state index in [0.29, 0.717) is 30.1 Å². The first-order valence-electron chi connectivity index (χ1n) is 15.1. The number of esters is 2. The van der Waals surface area contributed by atoms with E-state index in [0.717, 1.165) is 75.0 Å². The molecule has 10 fully saturated rings. The number of rotatable bonds is 5. The molecule has 5 atom stereocenters. The fraction of sp³-hybridized carbons (Fsp3) is 0.931. The number of ether oxygens (including phenoxy) is 2. The molecule has 0 aromatic rings. The van der Waals surface area contributed by atoms with Crippen molar-refractivity contribution >= 4 is 22.1 Å². The summed E-state index contributed by atoms with van der Waals surface area (Å²) in [7, 11) is -4.55. The SMILES string of the molecule is O=C(OC1C2CC3CC(C2)CC1C3)C1C2CC(C1C(=O)OC1C3CC4CC(C3)CC1C4)C(S(=O)(=O)[O-])C2. The Morgan fingerprint density at radius 3 is 1.35 bits per heavy atom. The second kappa shape index (κ2) is 8.18. The monoisotopic (exact) mass is 531 g/mol. The maximum absolute atomic E-state index is 13.8. The van der Waals surface area contributed by atoms with Gasteiger partial charge in [0.25, 0.3) is 0 Å². The van der Waals surface area contributed by atoms with Gasteiger partial charge >= 0.3 is 11.9 Å². The molecule has 5 unspecified atom stereocenters. The van der Waals surface area contributed by atoms with E-state index >= 15 is 0 Å². The summed E-state index contributed by atoms with van der Waals surface area (Å²) in [5.74, 6) is 1.41. The van der Waals surface area contributed by atoms with Gasteiger partial charge in [0.05, 0.1) is 27.2 Å². The highest BCUT2D eigenvalue weighted by Crippen LogP contribution is 2.59. The minimum absolute atomic E-state index is 0.0699. The molecular weight excluding hydrogens is 492 g/mol. The molecule has 204 valence electrons. The Balaban J connectivity index is 1.03. The van der Waals surface area contributed by atoms with Crippen LogP contribution < -0.4 is 0 Å². The standard InChI is InChI=1S/C29H40O7S/c30-28(35-26-18-3-13-1-14(5-18)6-19(26)4-13)24-17-11-22(23(12-17)37(32,33)34)25(24)29(31)36-27-20-7-15-2-16(9-20)10-21(27)8-15/h13-27H,1-12H2,(H,32,33,34)/p-1. The zero-order valence-electron chi connectivity index (χ0n) is 21.4. The molecule has 37 heavy (non-hydrogen) atoms.